The van der Waals surface area contributed by atoms with E-state index in [1.165, 1.54) is 0 Å². The van der Waals surface area contributed by atoms with Crippen molar-refractivity contribution in [3.63, 3.8) is 0 Å². The summed E-state index contributed by atoms with van der Waals surface area (Å²) in [5.74, 6) is 0. The van der Waals surface area contributed by atoms with Crippen LogP contribution in [0.4, 0.5) is 0 Å². The van der Waals surface area contributed by atoms with Crippen molar-refractivity contribution < 1.29 is 34.8 Å². The van der Waals surface area contributed by atoms with E-state index in [2.05, 4.69) is 12.2 Å². The molecule has 0 amide bonds. The number of carbonyl (C=O) groups is 3. The molecule has 1 aliphatic carbocycles. The van der Waals surface area contributed by atoms with Crippen molar-refractivity contribution in [3.8, 4) is 0 Å². The Morgan fingerprint density at radius 2 is 1.42 bits per heavy atom. The van der Waals surface area contributed by atoms with Crippen LogP contribution >= 0.6 is 0 Å². The largest absolute Gasteiger partial charge is 0.307 e. The smallest absolute Gasteiger partial charge is 0.106 e. The van der Waals surface area contributed by atoms with E-state index in [1.807, 2.05) is 32.5 Å². The molecule has 0 bridgehead atoms. The third kappa shape index (κ3) is 35.3. The zero-order valence-corrected chi connectivity index (χ0v) is 9.38. The first kappa shape index (κ1) is 22.5. The predicted molar refractivity (Wildman–Crippen MR) is 42.9 cm³/mol. The Balaban J connectivity index is -0.0000000406. The average Bonchev–Trinajstić information content (AvgIpc) is 2.71. The van der Waals surface area contributed by atoms with Crippen LogP contribution in [0.25, 0.3) is 0 Å². The summed E-state index contributed by atoms with van der Waals surface area (Å²) in [5.41, 5.74) is 0. The number of carbonyl (C=O) groups excluding carboxylic acids is 3. The molecular formula is C8H11O3Re-. The van der Waals surface area contributed by atoms with Gasteiger partial charge in [0.25, 0.3) is 0 Å². The third-order valence-corrected chi connectivity index (χ3v) is 0.586. The molecule has 1 radical (unpaired) electrons. The Bertz CT molecular complexity index is 98.1. The zero-order chi connectivity index (χ0) is 9.54. The van der Waals surface area contributed by atoms with Gasteiger partial charge in [-0.05, 0) is 0 Å². The molecule has 69 valence electrons. The van der Waals surface area contributed by atoms with Crippen LogP contribution in [0.5, 0.6) is 0 Å². The van der Waals surface area contributed by atoms with Gasteiger partial charge < -0.3 is 14.4 Å². The van der Waals surface area contributed by atoms with Crippen molar-refractivity contribution in [3.05, 3.63) is 24.3 Å². The van der Waals surface area contributed by atoms with Gasteiger partial charge in [0.2, 0.25) is 0 Å². The minimum atomic E-state index is 0. The van der Waals surface area contributed by atoms with E-state index < -0.39 is 0 Å². The second-order valence-corrected chi connectivity index (χ2v) is 1.00. The molecule has 1 rings (SSSR count). The molecule has 3 nitrogen and oxygen atoms in total. The van der Waals surface area contributed by atoms with Gasteiger partial charge in [-0.3, -0.25) is 6.08 Å². The molecule has 0 aromatic heterocycles. The van der Waals surface area contributed by atoms with Crippen LogP contribution in [-0.4, -0.2) is 20.4 Å². The summed E-state index contributed by atoms with van der Waals surface area (Å²) >= 11 is 0. The van der Waals surface area contributed by atoms with Crippen LogP contribution in [0, 0.1) is 6.08 Å². The summed E-state index contributed by atoms with van der Waals surface area (Å²) in [6.07, 6.45) is 10.0. The van der Waals surface area contributed by atoms with E-state index >= 15 is 0 Å². The molecule has 0 aliphatic heterocycles. The van der Waals surface area contributed by atoms with Crippen LogP contribution in [0.1, 0.15) is 6.42 Å². The topological polar surface area (TPSA) is 51.2 Å². The summed E-state index contributed by atoms with van der Waals surface area (Å²) in [5, 5.41) is 0. The second-order valence-electron chi connectivity index (χ2n) is 1.00. The summed E-state index contributed by atoms with van der Waals surface area (Å²) in [4.78, 5) is 24.0. The minimum Gasteiger partial charge on any atom is -0.307 e. The number of hydrogen-bond acceptors (Lipinski definition) is 3. The van der Waals surface area contributed by atoms with E-state index in [-0.39, 0.29) is 20.4 Å². The summed E-state index contributed by atoms with van der Waals surface area (Å²) in [7, 11) is 0. The average molecular weight is 341 g/mol. The molecule has 0 aromatic rings. The van der Waals surface area contributed by atoms with Crippen molar-refractivity contribution in [2.75, 3.05) is 0 Å². The van der Waals surface area contributed by atoms with Crippen LogP contribution < -0.4 is 0 Å². The molecule has 0 heterocycles. The van der Waals surface area contributed by atoms with Gasteiger partial charge in [0.05, 0.1) is 0 Å². The maximum absolute atomic E-state index is 8.00. The predicted octanol–water partition coefficient (Wildman–Crippen LogP) is 0.748. The van der Waals surface area contributed by atoms with Gasteiger partial charge in [0.1, 0.15) is 20.4 Å². The van der Waals surface area contributed by atoms with Crippen molar-refractivity contribution in [1.29, 1.82) is 0 Å². The van der Waals surface area contributed by atoms with Crippen LogP contribution in [0.15, 0.2) is 18.2 Å². The number of hydrogen-bond donors (Lipinski definition) is 0. The molecule has 0 N–H and O–H groups in total. The van der Waals surface area contributed by atoms with Crippen molar-refractivity contribution in [2.45, 2.75) is 6.42 Å². The van der Waals surface area contributed by atoms with Crippen molar-refractivity contribution >= 4 is 20.4 Å². The first-order chi connectivity index (χ1) is 5.50. The van der Waals surface area contributed by atoms with E-state index in [0.29, 0.717) is 0 Å². The van der Waals surface area contributed by atoms with E-state index in [1.54, 1.807) is 0 Å². The molecule has 0 atom stereocenters. The number of allylic oxidation sites excluding steroid dienone is 4. The second kappa shape index (κ2) is 49.3. The summed E-state index contributed by atoms with van der Waals surface area (Å²) in [6, 6.07) is 0. The van der Waals surface area contributed by atoms with Gasteiger partial charge >= 0.3 is 0 Å². The van der Waals surface area contributed by atoms with E-state index in [4.69, 9.17) is 14.4 Å². The molecule has 0 unspecified atom stereocenters. The monoisotopic (exact) mass is 342 g/mol. The SMILES string of the molecule is C=O.C=O.C=O.[C-]1=CC=CC1.[Re]. The molecule has 4 heteroatoms. The standard InChI is InChI=1S/C5H5.3CH2O.Re/c1-2-4-5-3-1;3*1-2;/h1-3H,4H2;3*1H2;/q-1;;;;. The van der Waals surface area contributed by atoms with Crippen LogP contribution in [0.3, 0.4) is 0 Å². The first-order valence-electron chi connectivity index (χ1n) is 2.58. The fourth-order valence-electron chi connectivity index (χ4n) is 0.340. The van der Waals surface area contributed by atoms with Crippen molar-refractivity contribution in [2.24, 2.45) is 0 Å². The van der Waals surface area contributed by atoms with Crippen LogP contribution in [0.2, 0.25) is 0 Å². The fourth-order valence-corrected chi connectivity index (χ4v) is 0.340. The van der Waals surface area contributed by atoms with Gasteiger partial charge in [-0.1, -0.05) is 0 Å². The molecular weight excluding hydrogens is 330 g/mol. The Kier molecular flexibility index (Phi) is 92.4. The molecule has 0 spiro atoms. The Morgan fingerprint density at radius 3 is 1.50 bits per heavy atom. The van der Waals surface area contributed by atoms with Gasteiger partial charge in [-0.2, -0.15) is 6.08 Å². The fraction of sp³-hybridized carbons (Fsp3) is 0.125. The van der Waals surface area contributed by atoms with Crippen LogP contribution in [-0.2, 0) is 34.8 Å². The van der Waals surface area contributed by atoms with E-state index in [0.717, 1.165) is 6.42 Å². The third-order valence-electron chi connectivity index (χ3n) is 0.586. The molecule has 1 aliphatic rings. The normalized spacial score (nSPS) is 8.33. The quantitative estimate of drug-likeness (QED) is 0.611. The zero-order valence-electron chi connectivity index (χ0n) is 6.66. The molecule has 0 saturated heterocycles. The van der Waals surface area contributed by atoms with Gasteiger partial charge in [0.15, 0.2) is 0 Å². The molecule has 0 fully saturated rings. The van der Waals surface area contributed by atoms with Crippen molar-refractivity contribution in [1.82, 2.24) is 0 Å². The van der Waals surface area contributed by atoms with Gasteiger partial charge in [0, 0.05) is 20.4 Å². The molecule has 12 heavy (non-hydrogen) atoms. The summed E-state index contributed by atoms with van der Waals surface area (Å²) < 4.78 is 0. The molecule has 0 saturated carbocycles. The van der Waals surface area contributed by atoms with E-state index in [9.17, 15) is 0 Å². The van der Waals surface area contributed by atoms with Gasteiger partial charge in [-0.25, -0.2) is 12.2 Å². The maximum Gasteiger partial charge on any atom is 0.106 e. The number of rotatable bonds is 0. The Hall–Kier alpha value is -0.848. The minimum absolute atomic E-state index is 0. The summed E-state index contributed by atoms with van der Waals surface area (Å²) in [6.45, 7) is 6.00. The Morgan fingerprint density at radius 1 is 1.00 bits per heavy atom. The Labute approximate surface area is 86.2 Å². The van der Waals surface area contributed by atoms with Gasteiger partial charge in [-0.15, -0.1) is 6.42 Å². The first-order valence-corrected chi connectivity index (χ1v) is 2.58. The molecule has 0 aromatic carbocycles. The maximum atomic E-state index is 8.00.